The third kappa shape index (κ3) is 2.57. The number of aromatic nitrogens is 1. The molecule has 4 aliphatic rings. The van der Waals surface area contributed by atoms with Gasteiger partial charge in [0, 0.05) is 48.7 Å². The molecule has 2 atom stereocenters. The largest absolute Gasteiger partial charge is 0.367 e. The molecular formula is C40H31BN2S. The molecule has 2 nitrogen and oxygen atoms in total. The number of hydrogen-bond acceptors (Lipinski definition) is 2. The van der Waals surface area contributed by atoms with Gasteiger partial charge in [-0.25, -0.2) is 0 Å². The van der Waals surface area contributed by atoms with Crippen molar-refractivity contribution in [3.8, 4) is 22.3 Å². The van der Waals surface area contributed by atoms with Crippen molar-refractivity contribution in [3.05, 3.63) is 109 Å². The van der Waals surface area contributed by atoms with Crippen molar-refractivity contribution in [1.29, 1.82) is 0 Å². The van der Waals surface area contributed by atoms with E-state index in [-0.39, 0.29) is 17.8 Å². The molecule has 1 saturated carbocycles. The summed E-state index contributed by atoms with van der Waals surface area (Å²) in [7, 11) is 0. The number of fused-ring (bicyclic) bond motifs is 12. The number of para-hydroxylation sites is 2. The number of rotatable bonds is 1. The summed E-state index contributed by atoms with van der Waals surface area (Å²) in [6.45, 7) is 5.29. The molecule has 44 heavy (non-hydrogen) atoms. The number of benzene rings is 5. The van der Waals surface area contributed by atoms with Crippen LogP contribution < -0.4 is 15.8 Å². The van der Waals surface area contributed by atoms with Crippen LogP contribution in [0.5, 0.6) is 0 Å². The fraction of sp³-hybridized carbons (Fsp3) is 0.200. The summed E-state index contributed by atoms with van der Waals surface area (Å²) in [5, 5.41) is 4.18. The van der Waals surface area contributed by atoms with Gasteiger partial charge < -0.3 is 9.38 Å². The minimum Gasteiger partial charge on any atom is -0.367 e. The first-order chi connectivity index (χ1) is 21.6. The van der Waals surface area contributed by atoms with Crippen molar-refractivity contribution < 1.29 is 0 Å². The molecule has 3 aliphatic heterocycles. The summed E-state index contributed by atoms with van der Waals surface area (Å²) in [6.07, 6.45) is 5.06. The topological polar surface area (TPSA) is 8.17 Å². The third-order valence-electron chi connectivity index (χ3n) is 12.1. The number of hydrogen-bond donors (Lipinski definition) is 0. The second kappa shape index (κ2) is 7.86. The van der Waals surface area contributed by atoms with Crippen LogP contribution >= 0.6 is 11.3 Å². The first kappa shape index (κ1) is 24.1. The quantitative estimate of drug-likeness (QED) is 0.175. The lowest BCUT2D eigenvalue weighted by molar-refractivity contribution is 0.195. The van der Waals surface area contributed by atoms with Crippen LogP contribution in [0.3, 0.4) is 0 Å². The Labute approximate surface area is 261 Å². The van der Waals surface area contributed by atoms with Gasteiger partial charge >= 0.3 is 6.85 Å². The average Bonchev–Trinajstić information content (AvgIpc) is 3.66. The Bertz CT molecular complexity index is 2400. The van der Waals surface area contributed by atoms with E-state index in [0.29, 0.717) is 0 Å². The van der Waals surface area contributed by atoms with E-state index >= 15 is 0 Å². The normalized spacial score (nSPS) is 22.5. The molecule has 0 bridgehead atoms. The van der Waals surface area contributed by atoms with E-state index in [1.54, 1.807) is 5.56 Å². The van der Waals surface area contributed by atoms with Gasteiger partial charge in [0.25, 0.3) is 0 Å². The Morgan fingerprint density at radius 3 is 2.43 bits per heavy atom. The van der Waals surface area contributed by atoms with E-state index < -0.39 is 0 Å². The minimum absolute atomic E-state index is 0.0354. The summed E-state index contributed by atoms with van der Waals surface area (Å²) >= 11 is 1.97. The maximum Gasteiger partial charge on any atom is 0.333 e. The first-order valence-electron chi connectivity index (χ1n) is 16.2. The SMILES string of the molecule is CC12CCCCC1(C)N1c3cc(-c4ccccc4)cc4c3B(c3cccc2c31)n1c2sc3ccccc3c2c2cccc-4c21. The van der Waals surface area contributed by atoms with Crippen LogP contribution in [0.1, 0.15) is 45.1 Å². The Balaban J connectivity index is 1.35. The second-order valence-corrected chi connectivity index (χ2v) is 15.0. The highest BCUT2D eigenvalue weighted by Crippen LogP contribution is 2.62. The van der Waals surface area contributed by atoms with Crippen LogP contribution in [0.15, 0.2) is 103 Å². The summed E-state index contributed by atoms with van der Waals surface area (Å²) in [6, 6.07) is 39.4. The van der Waals surface area contributed by atoms with E-state index in [1.165, 1.54) is 101 Å². The van der Waals surface area contributed by atoms with Gasteiger partial charge in [0.1, 0.15) is 0 Å². The highest BCUT2D eigenvalue weighted by Gasteiger charge is 2.61. The fourth-order valence-corrected chi connectivity index (χ4v) is 11.2. The molecule has 2 unspecified atom stereocenters. The zero-order valence-electron chi connectivity index (χ0n) is 25.0. The van der Waals surface area contributed by atoms with Gasteiger partial charge in [-0.2, -0.15) is 0 Å². The number of anilines is 2. The Kier molecular flexibility index (Phi) is 4.31. The van der Waals surface area contributed by atoms with Crippen LogP contribution in [-0.4, -0.2) is 16.9 Å². The summed E-state index contributed by atoms with van der Waals surface area (Å²) in [5.41, 5.74) is 14.4. The zero-order chi connectivity index (χ0) is 28.9. The molecule has 0 saturated heterocycles. The lowest BCUT2D eigenvalue weighted by Gasteiger charge is -2.52. The van der Waals surface area contributed by atoms with Crippen LogP contribution in [0, 0.1) is 0 Å². The van der Waals surface area contributed by atoms with Crippen LogP contribution in [0.2, 0.25) is 0 Å². The van der Waals surface area contributed by atoms with Gasteiger partial charge in [-0.15, -0.1) is 11.3 Å². The van der Waals surface area contributed by atoms with Crippen molar-refractivity contribution in [2.24, 2.45) is 0 Å². The van der Waals surface area contributed by atoms with Crippen molar-refractivity contribution >= 4 is 71.7 Å². The van der Waals surface area contributed by atoms with E-state index in [4.69, 9.17) is 0 Å². The first-order valence-corrected chi connectivity index (χ1v) is 17.0. The van der Waals surface area contributed by atoms with Crippen LogP contribution in [0.4, 0.5) is 11.4 Å². The van der Waals surface area contributed by atoms with Crippen LogP contribution in [-0.2, 0) is 5.41 Å². The highest BCUT2D eigenvalue weighted by molar-refractivity contribution is 7.26. The predicted octanol–water partition coefficient (Wildman–Crippen LogP) is 9.37. The fourth-order valence-electron chi connectivity index (χ4n) is 9.97. The summed E-state index contributed by atoms with van der Waals surface area (Å²) < 4.78 is 4.12. The van der Waals surface area contributed by atoms with Gasteiger partial charge in [0.15, 0.2) is 0 Å². The maximum absolute atomic E-state index is 2.84. The standard InChI is InChI=1S/C40H31BN2S/c1-39-20-8-9-21-40(39,2)42-32-23-25(24-12-4-3-5-13-24)22-29-26-15-10-16-28-34-27-14-6-7-19-33(27)44-38(34)43(36(26)28)41(35(29)32)31-18-11-17-30(39)37(31)42/h3-7,10-19,22-23H,8-9,20-21H2,1-2H3. The molecule has 210 valence electrons. The van der Waals surface area contributed by atoms with Gasteiger partial charge in [-0.1, -0.05) is 105 Å². The van der Waals surface area contributed by atoms with Crippen molar-refractivity contribution in [2.75, 3.05) is 4.90 Å². The molecule has 11 rings (SSSR count). The molecule has 5 aromatic carbocycles. The monoisotopic (exact) mass is 582 g/mol. The van der Waals surface area contributed by atoms with E-state index in [9.17, 15) is 0 Å². The summed E-state index contributed by atoms with van der Waals surface area (Å²) in [4.78, 5) is 4.25. The summed E-state index contributed by atoms with van der Waals surface area (Å²) in [5.74, 6) is 0. The second-order valence-electron chi connectivity index (χ2n) is 14.0. The highest BCUT2D eigenvalue weighted by atomic mass is 32.1. The van der Waals surface area contributed by atoms with Crippen molar-refractivity contribution in [2.45, 2.75) is 50.5 Å². The van der Waals surface area contributed by atoms with Gasteiger partial charge in [0.05, 0.1) is 10.4 Å². The van der Waals surface area contributed by atoms with Gasteiger partial charge in [-0.05, 0) is 71.1 Å². The Morgan fingerprint density at radius 1 is 0.727 bits per heavy atom. The molecule has 0 radical (unpaired) electrons. The smallest absolute Gasteiger partial charge is 0.333 e. The van der Waals surface area contributed by atoms with E-state index in [1.807, 2.05) is 11.3 Å². The predicted molar refractivity (Wildman–Crippen MR) is 189 cm³/mol. The Hall–Kier alpha value is -4.28. The van der Waals surface area contributed by atoms with Gasteiger partial charge in [-0.3, -0.25) is 0 Å². The Morgan fingerprint density at radius 2 is 1.52 bits per heavy atom. The third-order valence-corrected chi connectivity index (χ3v) is 13.3. The molecule has 0 N–H and O–H groups in total. The molecular weight excluding hydrogens is 551 g/mol. The zero-order valence-corrected chi connectivity index (χ0v) is 25.8. The minimum atomic E-state index is 0.0354. The number of nitrogens with zero attached hydrogens (tertiary/aromatic N) is 2. The molecule has 4 heteroatoms. The van der Waals surface area contributed by atoms with Crippen LogP contribution in [0.25, 0.3) is 53.5 Å². The average molecular weight is 583 g/mol. The lowest BCUT2D eigenvalue weighted by Crippen LogP contribution is -2.61. The van der Waals surface area contributed by atoms with Crippen molar-refractivity contribution in [3.63, 3.8) is 0 Å². The molecule has 0 amide bonds. The molecule has 2 aromatic heterocycles. The molecule has 1 aliphatic carbocycles. The van der Waals surface area contributed by atoms with Crippen molar-refractivity contribution in [1.82, 2.24) is 4.48 Å². The van der Waals surface area contributed by atoms with E-state index in [0.717, 1.165) is 0 Å². The number of thiophene rings is 1. The molecule has 0 spiro atoms. The molecule has 1 fully saturated rings. The lowest BCUT2D eigenvalue weighted by atomic mass is 9.45. The maximum atomic E-state index is 2.84. The van der Waals surface area contributed by atoms with E-state index in [2.05, 4.69) is 126 Å². The van der Waals surface area contributed by atoms with Gasteiger partial charge in [0.2, 0.25) is 0 Å². The molecule has 7 aromatic rings. The molecule has 5 heterocycles.